The fourth-order valence-corrected chi connectivity index (χ4v) is 3.76. The van der Waals surface area contributed by atoms with Gasteiger partial charge in [-0.25, -0.2) is 0 Å². The highest BCUT2D eigenvalue weighted by atomic mass is 32.2. The molecule has 0 amide bonds. The molecule has 1 fully saturated rings. The molecule has 1 aromatic heterocycles. The van der Waals surface area contributed by atoms with E-state index in [-0.39, 0.29) is 0 Å². The Morgan fingerprint density at radius 2 is 2.06 bits per heavy atom. The minimum atomic E-state index is 0.582. The van der Waals surface area contributed by atoms with Crippen molar-refractivity contribution in [2.75, 3.05) is 24.3 Å². The van der Waals surface area contributed by atoms with Crippen LogP contribution < -0.4 is 5.73 Å². The number of fused-ring (bicyclic) bond motifs is 1. The van der Waals surface area contributed by atoms with Crippen LogP contribution in [-0.4, -0.2) is 33.2 Å². The third kappa shape index (κ3) is 1.62. The van der Waals surface area contributed by atoms with Gasteiger partial charge in [-0.1, -0.05) is 0 Å². The Bertz CT molecular complexity index is 395. The van der Waals surface area contributed by atoms with Gasteiger partial charge < -0.3 is 5.73 Å². The molecular weight excluding hydrogens is 220 g/mol. The van der Waals surface area contributed by atoms with Gasteiger partial charge in [0.05, 0.1) is 11.7 Å². The standard InChI is InChI=1S/C11H18N4S/c1-14-6-9-10(7-14)15(13-11(9)12)8-2-4-16-5-3-8/h8H,2-7H2,1H3,(H2,12,13). The molecule has 5 heteroatoms. The molecule has 3 rings (SSSR count). The Kier molecular flexibility index (Phi) is 2.59. The second-order valence-corrected chi connectivity index (χ2v) is 6.00. The minimum absolute atomic E-state index is 0.582. The summed E-state index contributed by atoms with van der Waals surface area (Å²) in [5.74, 6) is 3.27. The number of nitrogens with two attached hydrogens (primary N) is 1. The first-order chi connectivity index (χ1) is 7.75. The van der Waals surface area contributed by atoms with Crippen molar-refractivity contribution in [2.45, 2.75) is 32.0 Å². The van der Waals surface area contributed by atoms with Crippen molar-refractivity contribution in [3.63, 3.8) is 0 Å². The molecular formula is C11H18N4S. The third-order valence-corrected chi connectivity index (χ3v) is 4.58. The maximum Gasteiger partial charge on any atom is 0.150 e. The summed E-state index contributed by atoms with van der Waals surface area (Å²) in [6, 6.07) is 0.582. The maximum absolute atomic E-state index is 6.00. The van der Waals surface area contributed by atoms with E-state index in [4.69, 9.17) is 5.73 Å². The van der Waals surface area contributed by atoms with Crippen LogP contribution in [0.25, 0.3) is 0 Å². The quantitative estimate of drug-likeness (QED) is 0.805. The van der Waals surface area contributed by atoms with Crippen molar-refractivity contribution >= 4 is 17.6 Å². The van der Waals surface area contributed by atoms with Crippen LogP contribution in [0.15, 0.2) is 0 Å². The number of nitrogen functional groups attached to an aromatic ring is 1. The fraction of sp³-hybridized carbons (Fsp3) is 0.727. The molecule has 0 spiro atoms. The van der Waals surface area contributed by atoms with Gasteiger partial charge in [-0.2, -0.15) is 16.9 Å². The van der Waals surface area contributed by atoms with E-state index in [9.17, 15) is 0 Å². The molecule has 2 aliphatic rings. The SMILES string of the molecule is CN1Cc2c(N)nn(C3CCSCC3)c2C1. The van der Waals surface area contributed by atoms with E-state index in [2.05, 4.69) is 33.5 Å². The van der Waals surface area contributed by atoms with Crippen LogP contribution >= 0.6 is 11.8 Å². The summed E-state index contributed by atoms with van der Waals surface area (Å²) < 4.78 is 2.22. The lowest BCUT2D eigenvalue weighted by Crippen LogP contribution is -2.20. The van der Waals surface area contributed by atoms with Gasteiger partial charge in [0.25, 0.3) is 0 Å². The predicted octanol–water partition coefficient (Wildman–Crippen LogP) is 1.48. The summed E-state index contributed by atoms with van der Waals surface area (Å²) in [6.07, 6.45) is 2.48. The van der Waals surface area contributed by atoms with Gasteiger partial charge in [0, 0.05) is 18.7 Å². The molecule has 0 radical (unpaired) electrons. The van der Waals surface area contributed by atoms with Crippen LogP contribution in [0.5, 0.6) is 0 Å². The van der Waals surface area contributed by atoms with E-state index >= 15 is 0 Å². The van der Waals surface area contributed by atoms with E-state index in [1.807, 2.05) is 0 Å². The zero-order valence-electron chi connectivity index (χ0n) is 9.65. The van der Waals surface area contributed by atoms with Gasteiger partial charge >= 0.3 is 0 Å². The van der Waals surface area contributed by atoms with E-state index in [1.165, 1.54) is 35.6 Å². The summed E-state index contributed by atoms with van der Waals surface area (Å²) in [7, 11) is 2.14. The average molecular weight is 238 g/mol. The Morgan fingerprint density at radius 3 is 2.81 bits per heavy atom. The Hall–Kier alpha value is -0.680. The van der Waals surface area contributed by atoms with E-state index in [0.29, 0.717) is 6.04 Å². The van der Waals surface area contributed by atoms with Gasteiger partial charge in [0.15, 0.2) is 0 Å². The molecule has 1 saturated heterocycles. The molecule has 0 saturated carbocycles. The Morgan fingerprint density at radius 1 is 1.31 bits per heavy atom. The lowest BCUT2D eigenvalue weighted by atomic mass is 10.1. The van der Waals surface area contributed by atoms with Gasteiger partial charge in [0.2, 0.25) is 0 Å². The van der Waals surface area contributed by atoms with Crippen LogP contribution in [0.1, 0.15) is 30.1 Å². The van der Waals surface area contributed by atoms with Crippen LogP contribution in [0.2, 0.25) is 0 Å². The molecule has 0 atom stereocenters. The lowest BCUT2D eigenvalue weighted by Gasteiger charge is -2.23. The number of anilines is 1. The maximum atomic E-state index is 6.00. The normalized spacial score (nSPS) is 22.6. The van der Waals surface area contributed by atoms with Crippen LogP contribution in [0.4, 0.5) is 5.82 Å². The molecule has 0 aliphatic carbocycles. The highest BCUT2D eigenvalue weighted by molar-refractivity contribution is 7.99. The van der Waals surface area contributed by atoms with Crippen LogP contribution in [0, 0.1) is 0 Å². The molecule has 2 N–H and O–H groups in total. The minimum Gasteiger partial charge on any atom is -0.382 e. The molecule has 16 heavy (non-hydrogen) atoms. The first kappa shape index (κ1) is 10.5. The van der Waals surface area contributed by atoms with Gasteiger partial charge in [-0.15, -0.1) is 0 Å². The van der Waals surface area contributed by atoms with Crippen molar-refractivity contribution in [3.05, 3.63) is 11.3 Å². The van der Waals surface area contributed by atoms with Crippen LogP contribution in [0.3, 0.4) is 0 Å². The van der Waals surface area contributed by atoms with E-state index < -0.39 is 0 Å². The molecule has 0 unspecified atom stereocenters. The Balaban J connectivity index is 1.93. The van der Waals surface area contributed by atoms with E-state index in [0.717, 1.165) is 18.9 Å². The highest BCUT2D eigenvalue weighted by Gasteiger charge is 2.28. The second-order valence-electron chi connectivity index (χ2n) is 4.77. The topological polar surface area (TPSA) is 47.1 Å². The largest absolute Gasteiger partial charge is 0.382 e. The first-order valence-electron chi connectivity index (χ1n) is 5.87. The molecule has 1 aromatic rings. The average Bonchev–Trinajstić information content (AvgIpc) is 2.80. The molecule has 3 heterocycles. The lowest BCUT2D eigenvalue weighted by molar-refractivity contribution is 0.329. The number of nitrogens with zero attached hydrogens (tertiary/aromatic N) is 3. The molecule has 0 aromatic carbocycles. The monoisotopic (exact) mass is 238 g/mol. The van der Waals surface area contributed by atoms with Gasteiger partial charge in [-0.05, 0) is 31.4 Å². The Labute approximate surface area is 100 Å². The third-order valence-electron chi connectivity index (χ3n) is 3.53. The zero-order valence-corrected chi connectivity index (χ0v) is 10.5. The second kappa shape index (κ2) is 3.96. The number of rotatable bonds is 1. The molecule has 88 valence electrons. The molecule has 2 aliphatic heterocycles. The van der Waals surface area contributed by atoms with Gasteiger partial charge in [-0.3, -0.25) is 9.58 Å². The zero-order chi connectivity index (χ0) is 11.1. The predicted molar refractivity (Wildman–Crippen MR) is 67.4 cm³/mol. The van der Waals surface area contributed by atoms with Crippen molar-refractivity contribution in [1.82, 2.24) is 14.7 Å². The van der Waals surface area contributed by atoms with E-state index in [1.54, 1.807) is 0 Å². The van der Waals surface area contributed by atoms with Gasteiger partial charge in [0.1, 0.15) is 5.82 Å². The summed E-state index contributed by atoms with van der Waals surface area (Å²) in [4.78, 5) is 2.30. The number of aromatic nitrogens is 2. The van der Waals surface area contributed by atoms with Crippen molar-refractivity contribution in [3.8, 4) is 0 Å². The number of hydrogen-bond acceptors (Lipinski definition) is 4. The molecule has 4 nitrogen and oxygen atoms in total. The van der Waals surface area contributed by atoms with Crippen molar-refractivity contribution in [2.24, 2.45) is 0 Å². The summed E-state index contributed by atoms with van der Waals surface area (Å²) in [5.41, 5.74) is 8.62. The first-order valence-corrected chi connectivity index (χ1v) is 7.03. The fourth-order valence-electron chi connectivity index (χ4n) is 2.68. The number of hydrogen-bond donors (Lipinski definition) is 1. The molecule has 0 bridgehead atoms. The smallest absolute Gasteiger partial charge is 0.150 e. The summed E-state index contributed by atoms with van der Waals surface area (Å²) in [5, 5.41) is 4.55. The van der Waals surface area contributed by atoms with Crippen LogP contribution in [-0.2, 0) is 13.1 Å². The van der Waals surface area contributed by atoms with Crippen molar-refractivity contribution in [1.29, 1.82) is 0 Å². The highest BCUT2D eigenvalue weighted by Crippen LogP contribution is 2.33. The number of thioether (sulfide) groups is 1. The van der Waals surface area contributed by atoms with Crippen molar-refractivity contribution < 1.29 is 0 Å². The summed E-state index contributed by atoms with van der Waals surface area (Å²) in [6.45, 7) is 1.96. The summed E-state index contributed by atoms with van der Waals surface area (Å²) >= 11 is 2.05.